The fourth-order valence-corrected chi connectivity index (χ4v) is 0.801. The highest BCUT2D eigenvalue weighted by Gasteiger charge is 2.29. The molecule has 0 rings (SSSR count). The summed E-state index contributed by atoms with van der Waals surface area (Å²) < 4.78 is 0. The topological polar surface area (TPSA) is 60.8 Å². The number of carbonyl (C=O) groups is 1. The molecule has 0 aromatic rings. The number of nitrogens with zero attached hydrogens (tertiary/aromatic N) is 1. The molecule has 4 nitrogen and oxygen atoms in total. The van der Waals surface area contributed by atoms with Gasteiger partial charge in [0, 0.05) is 5.54 Å². The van der Waals surface area contributed by atoms with Crippen LogP contribution >= 0.6 is 0 Å². The quantitative estimate of drug-likeness (QED) is 0.639. The van der Waals surface area contributed by atoms with Crippen molar-refractivity contribution in [2.75, 3.05) is 13.7 Å². The Kier molecular flexibility index (Phi) is 3.67. The fourth-order valence-electron chi connectivity index (χ4n) is 0.801. The van der Waals surface area contributed by atoms with E-state index in [1.807, 2.05) is 0 Å². The second-order valence-electron chi connectivity index (χ2n) is 3.60. The number of aliphatic hydroxyl groups excluding tert-OH is 1. The van der Waals surface area contributed by atoms with Gasteiger partial charge in [-0.25, -0.2) is 0 Å². The molecule has 0 aliphatic carbocycles. The molecule has 4 heteroatoms. The Bertz CT molecular complexity index is 168. The summed E-state index contributed by atoms with van der Waals surface area (Å²) in [6, 6.07) is -0.577. The van der Waals surface area contributed by atoms with E-state index in [0.29, 0.717) is 0 Å². The zero-order valence-electron chi connectivity index (χ0n) is 8.03. The van der Waals surface area contributed by atoms with Crippen molar-refractivity contribution < 1.29 is 15.0 Å². The lowest BCUT2D eigenvalue weighted by Gasteiger charge is -2.36. The molecule has 0 aliphatic heterocycles. The van der Waals surface area contributed by atoms with Crippen molar-refractivity contribution in [1.29, 1.82) is 0 Å². The van der Waals surface area contributed by atoms with Gasteiger partial charge in [0.25, 0.3) is 0 Å². The second-order valence-corrected chi connectivity index (χ2v) is 3.60. The van der Waals surface area contributed by atoms with Crippen molar-refractivity contribution in [3.63, 3.8) is 0 Å². The zero-order valence-corrected chi connectivity index (χ0v) is 8.03. The van der Waals surface area contributed by atoms with Crippen LogP contribution in [0.1, 0.15) is 20.8 Å². The maximum Gasteiger partial charge on any atom is 0.320 e. The summed E-state index contributed by atoms with van der Waals surface area (Å²) >= 11 is 0. The Morgan fingerprint density at radius 3 is 2.25 bits per heavy atom. The number of carboxylic acids is 1. The van der Waals surface area contributed by atoms with Gasteiger partial charge >= 0.3 is 5.97 Å². The van der Waals surface area contributed by atoms with Crippen molar-refractivity contribution in [3.8, 4) is 0 Å². The Morgan fingerprint density at radius 1 is 1.58 bits per heavy atom. The average molecular weight is 175 g/mol. The number of rotatable bonds is 4. The molecule has 72 valence electrons. The molecule has 1 atom stereocenters. The van der Waals surface area contributed by atoms with Gasteiger partial charge in [0.15, 0.2) is 0 Å². The first kappa shape index (κ1) is 11.4. The molecule has 2 N–H and O–H groups in total. The maximum absolute atomic E-state index is 10.6. The summed E-state index contributed by atoms with van der Waals surface area (Å²) in [5, 5.41) is 17.6. The first-order valence-electron chi connectivity index (χ1n) is 3.89. The minimum Gasteiger partial charge on any atom is -0.480 e. The van der Waals surface area contributed by atoms with E-state index < -0.39 is 17.6 Å². The van der Waals surface area contributed by atoms with Gasteiger partial charge in [-0.2, -0.15) is 0 Å². The SMILES string of the molecule is CC(C(=O)O)N(C)C(C)(C)CO. The maximum atomic E-state index is 10.6. The molecular formula is C8H17NO3. The Labute approximate surface area is 72.8 Å². The molecular weight excluding hydrogens is 158 g/mol. The first-order valence-corrected chi connectivity index (χ1v) is 3.89. The molecule has 0 heterocycles. The predicted octanol–water partition coefficient (Wildman–Crippen LogP) is 0.162. The van der Waals surface area contributed by atoms with Crippen molar-refractivity contribution in [3.05, 3.63) is 0 Å². The van der Waals surface area contributed by atoms with Crippen molar-refractivity contribution in [2.45, 2.75) is 32.4 Å². The van der Waals surface area contributed by atoms with Crippen LogP contribution in [-0.2, 0) is 4.79 Å². The molecule has 12 heavy (non-hydrogen) atoms. The van der Waals surface area contributed by atoms with E-state index in [9.17, 15) is 4.79 Å². The lowest BCUT2D eigenvalue weighted by atomic mass is 10.0. The smallest absolute Gasteiger partial charge is 0.320 e. The van der Waals surface area contributed by atoms with Crippen LogP contribution < -0.4 is 0 Å². The van der Waals surface area contributed by atoms with E-state index in [0.717, 1.165) is 0 Å². The molecule has 1 unspecified atom stereocenters. The van der Waals surface area contributed by atoms with Crippen LogP contribution in [0.2, 0.25) is 0 Å². The fraction of sp³-hybridized carbons (Fsp3) is 0.875. The number of aliphatic carboxylic acids is 1. The van der Waals surface area contributed by atoms with Crippen LogP contribution in [0.4, 0.5) is 0 Å². The van der Waals surface area contributed by atoms with Gasteiger partial charge in [-0.3, -0.25) is 9.69 Å². The molecule has 0 aliphatic rings. The van der Waals surface area contributed by atoms with Crippen molar-refractivity contribution in [2.24, 2.45) is 0 Å². The largest absolute Gasteiger partial charge is 0.480 e. The molecule has 0 saturated heterocycles. The van der Waals surface area contributed by atoms with E-state index in [2.05, 4.69) is 0 Å². The minimum atomic E-state index is -0.876. The van der Waals surface area contributed by atoms with E-state index in [-0.39, 0.29) is 6.61 Å². The molecule has 0 fully saturated rings. The zero-order chi connectivity index (χ0) is 9.94. The van der Waals surface area contributed by atoms with Crippen molar-refractivity contribution in [1.82, 2.24) is 4.90 Å². The summed E-state index contributed by atoms with van der Waals surface area (Å²) in [4.78, 5) is 12.2. The van der Waals surface area contributed by atoms with E-state index >= 15 is 0 Å². The third-order valence-corrected chi connectivity index (χ3v) is 2.28. The van der Waals surface area contributed by atoms with Gasteiger partial charge in [0.2, 0.25) is 0 Å². The number of likely N-dealkylation sites (N-methyl/N-ethyl adjacent to an activating group) is 1. The van der Waals surface area contributed by atoms with Crippen LogP contribution in [0.25, 0.3) is 0 Å². The van der Waals surface area contributed by atoms with Gasteiger partial charge in [-0.05, 0) is 27.8 Å². The van der Waals surface area contributed by atoms with Crippen LogP contribution in [0.5, 0.6) is 0 Å². The number of hydrogen-bond acceptors (Lipinski definition) is 3. The third-order valence-electron chi connectivity index (χ3n) is 2.28. The highest BCUT2D eigenvalue weighted by atomic mass is 16.4. The molecule has 0 saturated carbocycles. The molecule has 0 bridgehead atoms. The van der Waals surface area contributed by atoms with E-state index in [1.54, 1.807) is 32.7 Å². The molecule has 0 amide bonds. The summed E-state index contributed by atoms with van der Waals surface area (Å²) in [6.07, 6.45) is 0. The third kappa shape index (κ3) is 2.46. The van der Waals surface area contributed by atoms with Crippen LogP contribution in [0.15, 0.2) is 0 Å². The van der Waals surface area contributed by atoms with Gasteiger partial charge in [0.05, 0.1) is 6.61 Å². The summed E-state index contributed by atoms with van der Waals surface area (Å²) in [7, 11) is 1.69. The van der Waals surface area contributed by atoms with Crippen LogP contribution in [-0.4, -0.2) is 46.3 Å². The Morgan fingerprint density at radius 2 is 2.00 bits per heavy atom. The van der Waals surface area contributed by atoms with Crippen LogP contribution in [0, 0.1) is 0 Å². The second kappa shape index (κ2) is 3.87. The average Bonchev–Trinajstić information content (AvgIpc) is 2.01. The summed E-state index contributed by atoms with van der Waals surface area (Å²) in [5.41, 5.74) is -0.488. The molecule has 0 aromatic carbocycles. The van der Waals surface area contributed by atoms with E-state index in [1.165, 1.54) is 0 Å². The monoisotopic (exact) mass is 175 g/mol. The highest BCUT2D eigenvalue weighted by molar-refractivity contribution is 5.72. The summed E-state index contributed by atoms with van der Waals surface area (Å²) in [5.74, 6) is -0.876. The Hall–Kier alpha value is -0.610. The standard InChI is InChI=1S/C8H17NO3/c1-6(7(11)12)9(4)8(2,3)5-10/h6,10H,5H2,1-4H3,(H,11,12). The summed E-state index contributed by atoms with van der Waals surface area (Å²) in [6.45, 7) is 5.14. The first-order chi connectivity index (χ1) is 5.33. The highest BCUT2D eigenvalue weighted by Crippen LogP contribution is 2.14. The number of carboxylic acid groups (broad SMARTS) is 1. The van der Waals surface area contributed by atoms with Gasteiger partial charge in [-0.1, -0.05) is 0 Å². The van der Waals surface area contributed by atoms with E-state index in [4.69, 9.17) is 10.2 Å². The van der Waals surface area contributed by atoms with Crippen molar-refractivity contribution >= 4 is 5.97 Å². The van der Waals surface area contributed by atoms with Gasteiger partial charge in [-0.15, -0.1) is 0 Å². The number of hydrogen-bond donors (Lipinski definition) is 2. The lowest BCUT2D eigenvalue weighted by Crippen LogP contribution is -2.51. The lowest BCUT2D eigenvalue weighted by molar-refractivity contribution is -0.144. The predicted molar refractivity (Wildman–Crippen MR) is 46.0 cm³/mol. The number of aliphatic hydroxyl groups is 1. The molecule has 0 spiro atoms. The van der Waals surface area contributed by atoms with Gasteiger partial charge < -0.3 is 10.2 Å². The minimum absolute atomic E-state index is 0.0544. The normalized spacial score (nSPS) is 14.8. The van der Waals surface area contributed by atoms with Gasteiger partial charge in [0.1, 0.15) is 6.04 Å². The van der Waals surface area contributed by atoms with Crippen LogP contribution in [0.3, 0.4) is 0 Å². The Balaban J connectivity index is 4.37. The molecule has 0 aromatic heterocycles. The molecule has 0 radical (unpaired) electrons.